The molecule has 0 fully saturated rings. The molecule has 0 saturated heterocycles. The second kappa shape index (κ2) is 9.97. The summed E-state index contributed by atoms with van der Waals surface area (Å²) in [7, 11) is 0. The molecule has 0 atom stereocenters. The number of aryl methyl sites for hydroxylation is 1. The zero-order chi connectivity index (χ0) is 11.6. The Labute approximate surface area is 88.7 Å². The van der Waals surface area contributed by atoms with E-state index >= 15 is 0 Å². The molecule has 0 aliphatic heterocycles. The number of rotatable bonds is 1. The van der Waals surface area contributed by atoms with Crippen LogP contribution >= 0.6 is 0 Å². The molecular formula is C13H23N. The highest BCUT2D eigenvalue weighted by Crippen LogP contribution is 2.06. The summed E-state index contributed by atoms with van der Waals surface area (Å²) in [4.78, 5) is 0. The molecule has 80 valence electrons. The smallest absolute Gasteiger partial charge is 0.0357 e. The number of hydrogen-bond acceptors (Lipinski definition) is 1. The van der Waals surface area contributed by atoms with Crippen LogP contribution in [0.1, 0.15) is 45.7 Å². The minimum absolute atomic E-state index is 0.637. The first-order valence-corrected chi connectivity index (χ1v) is 5.33. The quantitative estimate of drug-likeness (QED) is 0.638. The Morgan fingerprint density at radius 1 is 1.00 bits per heavy atom. The lowest BCUT2D eigenvalue weighted by molar-refractivity contribution is 1.38. The Balaban J connectivity index is 0. The molecule has 0 heterocycles. The average Bonchev–Trinajstić information content (AvgIpc) is 2.24. The third kappa shape index (κ3) is 5.52. The van der Waals surface area contributed by atoms with Crippen molar-refractivity contribution < 1.29 is 0 Å². The van der Waals surface area contributed by atoms with Gasteiger partial charge in [0.25, 0.3) is 0 Å². The van der Waals surface area contributed by atoms with Crippen molar-refractivity contribution in [2.45, 2.75) is 41.5 Å². The van der Waals surface area contributed by atoms with E-state index < -0.39 is 0 Å². The van der Waals surface area contributed by atoms with Crippen LogP contribution in [0.4, 0.5) is 0 Å². The van der Waals surface area contributed by atoms with Crippen molar-refractivity contribution in [3.63, 3.8) is 0 Å². The lowest BCUT2D eigenvalue weighted by Crippen LogP contribution is -1.94. The monoisotopic (exact) mass is 193 g/mol. The van der Waals surface area contributed by atoms with Crippen LogP contribution in [0.2, 0.25) is 0 Å². The van der Waals surface area contributed by atoms with Crippen molar-refractivity contribution in [2.24, 2.45) is 0 Å². The highest BCUT2D eigenvalue weighted by molar-refractivity contribution is 5.97. The van der Waals surface area contributed by atoms with E-state index in [0.29, 0.717) is 5.71 Å². The van der Waals surface area contributed by atoms with E-state index in [9.17, 15) is 0 Å². The molecule has 0 aliphatic carbocycles. The summed E-state index contributed by atoms with van der Waals surface area (Å²) in [5, 5.41) is 7.38. The molecule has 1 N–H and O–H groups in total. The Morgan fingerprint density at radius 2 is 1.43 bits per heavy atom. The first-order chi connectivity index (χ1) is 6.72. The molecule has 14 heavy (non-hydrogen) atoms. The predicted octanol–water partition coefficient (Wildman–Crippen LogP) is 4.44. The van der Waals surface area contributed by atoms with Crippen LogP contribution < -0.4 is 0 Å². The van der Waals surface area contributed by atoms with Crippen LogP contribution in [0.25, 0.3) is 0 Å². The van der Waals surface area contributed by atoms with E-state index in [1.807, 2.05) is 65.8 Å². The van der Waals surface area contributed by atoms with Gasteiger partial charge in [-0.25, -0.2) is 0 Å². The van der Waals surface area contributed by atoms with Gasteiger partial charge in [0.05, 0.1) is 0 Å². The van der Waals surface area contributed by atoms with Crippen LogP contribution in [0.5, 0.6) is 0 Å². The summed E-state index contributed by atoms with van der Waals surface area (Å²) in [5.74, 6) is 0. The van der Waals surface area contributed by atoms with Crippen molar-refractivity contribution in [2.75, 3.05) is 0 Å². The van der Waals surface area contributed by atoms with Crippen LogP contribution in [-0.4, -0.2) is 5.71 Å². The first kappa shape index (κ1) is 15.4. The summed E-state index contributed by atoms with van der Waals surface area (Å²) >= 11 is 0. The number of nitrogens with one attached hydrogen (secondary N) is 1. The van der Waals surface area contributed by atoms with Gasteiger partial charge in [-0.15, -0.1) is 0 Å². The van der Waals surface area contributed by atoms with Crippen LogP contribution in [0.3, 0.4) is 0 Å². The summed E-state index contributed by atoms with van der Waals surface area (Å²) in [6.07, 6.45) is 0. The predicted molar refractivity (Wildman–Crippen MR) is 66.4 cm³/mol. The second-order valence-electron chi connectivity index (χ2n) is 2.44. The van der Waals surface area contributed by atoms with Gasteiger partial charge in [0, 0.05) is 5.71 Å². The van der Waals surface area contributed by atoms with Gasteiger partial charge < -0.3 is 5.41 Å². The van der Waals surface area contributed by atoms with E-state index in [2.05, 4.69) is 0 Å². The number of benzene rings is 1. The fraction of sp³-hybridized carbons (Fsp3) is 0.462. The third-order valence-electron chi connectivity index (χ3n) is 1.55. The zero-order valence-electron chi connectivity index (χ0n) is 10.3. The molecule has 1 nitrogen and oxygen atoms in total. The Hall–Kier alpha value is -1.11. The van der Waals surface area contributed by atoms with Gasteiger partial charge in [-0.3, -0.25) is 0 Å². The number of hydrogen-bond donors (Lipinski definition) is 1. The summed E-state index contributed by atoms with van der Waals surface area (Å²) < 4.78 is 0. The lowest BCUT2D eigenvalue weighted by atomic mass is 10.1. The van der Waals surface area contributed by atoms with E-state index in [-0.39, 0.29) is 0 Å². The average molecular weight is 193 g/mol. The molecule has 0 radical (unpaired) electrons. The SMILES string of the molecule is CC.CC.CC(=N)c1ccccc1C. The molecule has 1 aromatic carbocycles. The normalized spacial score (nSPS) is 7.57. The molecule has 1 aromatic rings. The van der Waals surface area contributed by atoms with Gasteiger partial charge in [0.1, 0.15) is 0 Å². The maximum absolute atomic E-state index is 7.38. The topological polar surface area (TPSA) is 23.9 Å². The van der Waals surface area contributed by atoms with Gasteiger partial charge in [0.15, 0.2) is 0 Å². The molecule has 0 bridgehead atoms. The van der Waals surface area contributed by atoms with Gasteiger partial charge in [-0.1, -0.05) is 52.0 Å². The summed E-state index contributed by atoms with van der Waals surface area (Å²) in [6.45, 7) is 11.8. The molecule has 0 aliphatic rings. The molecule has 1 heteroatoms. The molecule has 1 rings (SSSR count). The summed E-state index contributed by atoms with van der Waals surface area (Å²) in [5.41, 5.74) is 2.86. The molecular weight excluding hydrogens is 170 g/mol. The zero-order valence-corrected chi connectivity index (χ0v) is 10.3. The van der Waals surface area contributed by atoms with E-state index in [1.165, 1.54) is 5.56 Å². The van der Waals surface area contributed by atoms with E-state index in [4.69, 9.17) is 5.41 Å². The standard InChI is InChI=1S/C9H11N.2C2H6/c1-7-5-3-4-6-9(7)8(2)10;2*1-2/h3-6,10H,1-2H3;2*1-2H3. The van der Waals surface area contributed by atoms with E-state index in [0.717, 1.165) is 5.56 Å². The minimum Gasteiger partial charge on any atom is -0.305 e. The third-order valence-corrected chi connectivity index (χ3v) is 1.55. The van der Waals surface area contributed by atoms with Gasteiger partial charge in [-0.05, 0) is 25.0 Å². The highest BCUT2D eigenvalue weighted by atomic mass is 14.4. The molecule has 0 unspecified atom stereocenters. The van der Waals surface area contributed by atoms with Gasteiger partial charge in [0.2, 0.25) is 0 Å². The van der Waals surface area contributed by atoms with Gasteiger partial charge >= 0.3 is 0 Å². The van der Waals surface area contributed by atoms with Crippen molar-refractivity contribution in [3.05, 3.63) is 35.4 Å². The highest BCUT2D eigenvalue weighted by Gasteiger charge is 1.95. The molecule has 0 amide bonds. The van der Waals surface area contributed by atoms with Crippen molar-refractivity contribution in [3.8, 4) is 0 Å². The maximum atomic E-state index is 7.38. The summed E-state index contributed by atoms with van der Waals surface area (Å²) in [6, 6.07) is 7.94. The Kier molecular flexibility index (Phi) is 10.9. The molecule has 0 spiro atoms. The van der Waals surface area contributed by atoms with Crippen molar-refractivity contribution in [1.82, 2.24) is 0 Å². The van der Waals surface area contributed by atoms with Crippen molar-refractivity contribution in [1.29, 1.82) is 5.41 Å². The second-order valence-corrected chi connectivity index (χ2v) is 2.44. The Morgan fingerprint density at radius 3 is 1.71 bits per heavy atom. The van der Waals surface area contributed by atoms with Crippen LogP contribution in [-0.2, 0) is 0 Å². The lowest BCUT2D eigenvalue weighted by Gasteiger charge is -2.00. The molecule has 0 saturated carbocycles. The van der Waals surface area contributed by atoms with Crippen molar-refractivity contribution >= 4 is 5.71 Å². The minimum atomic E-state index is 0.637. The largest absolute Gasteiger partial charge is 0.305 e. The van der Waals surface area contributed by atoms with E-state index in [1.54, 1.807) is 0 Å². The molecule has 0 aromatic heterocycles. The fourth-order valence-electron chi connectivity index (χ4n) is 0.994. The van der Waals surface area contributed by atoms with Crippen LogP contribution in [0.15, 0.2) is 24.3 Å². The maximum Gasteiger partial charge on any atom is 0.0357 e. The fourth-order valence-corrected chi connectivity index (χ4v) is 0.994. The Bertz CT molecular complexity index is 251. The van der Waals surface area contributed by atoms with Crippen LogP contribution in [0, 0.1) is 12.3 Å². The van der Waals surface area contributed by atoms with Gasteiger partial charge in [-0.2, -0.15) is 0 Å². The first-order valence-electron chi connectivity index (χ1n) is 5.33.